The summed E-state index contributed by atoms with van der Waals surface area (Å²) in [6.45, 7) is 1.73. The van der Waals surface area contributed by atoms with Gasteiger partial charge in [0.15, 0.2) is 11.3 Å². The number of cyclic esters (lactones) is 1. The number of esters is 1. The Labute approximate surface area is 175 Å². The number of alkyl halides is 3. The molecule has 3 aromatic rings. The van der Waals surface area contributed by atoms with Crippen LogP contribution in [0.15, 0.2) is 60.8 Å². The number of fused-ring (bicyclic) bond motifs is 1. The SMILES string of the molecule is CC1(C(=O)NCc2ccc(-n3ccc(C(F)(F)F)n3)cc2)Cc2ccccc2C(=O)O1. The Bertz CT molecular complexity index is 1140. The van der Waals surface area contributed by atoms with E-state index >= 15 is 0 Å². The Morgan fingerprint density at radius 1 is 1.16 bits per heavy atom. The van der Waals surface area contributed by atoms with Gasteiger partial charge in [0.05, 0.1) is 11.3 Å². The van der Waals surface area contributed by atoms with Crippen molar-refractivity contribution < 1.29 is 27.5 Å². The van der Waals surface area contributed by atoms with Crippen LogP contribution in [-0.2, 0) is 28.7 Å². The summed E-state index contributed by atoms with van der Waals surface area (Å²) in [5.74, 6) is -0.970. The van der Waals surface area contributed by atoms with Crippen molar-refractivity contribution >= 4 is 11.9 Å². The fraction of sp³-hybridized carbons (Fsp3) is 0.227. The first-order chi connectivity index (χ1) is 14.7. The first kappa shape index (κ1) is 20.6. The Morgan fingerprint density at radius 2 is 1.87 bits per heavy atom. The second-order valence-electron chi connectivity index (χ2n) is 7.45. The molecule has 1 aliphatic heterocycles. The van der Waals surface area contributed by atoms with E-state index in [2.05, 4.69) is 10.4 Å². The number of hydrogen-bond acceptors (Lipinski definition) is 4. The second kappa shape index (κ2) is 7.57. The van der Waals surface area contributed by atoms with Gasteiger partial charge in [-0.25, -0.2) is 9.48 Å². The maximum absolute atomic E-state index is 12.7. The van der Waals surface area contributed by atoms with Gasteiger partial charge in [-0.2, -0.15) is 18.3 Å². The van der Waals surface area contributed by atoms with Gasteiger partial charge < -0.3 is 10.1 Å². The van der Waals surface area contributed by atoms with Crippen molar-refractivity contribution in [3.8, 4) is 5.69 Å². The molecule has 0 radical (unpaired) electrons. The van der Waals surface area contributed by atoms with Crippen LogP contribution in [0.5, 0.6) is 0 Å². The van der Waals surface area contributed by atoms with Gasteiger partial charge in [-0.1, -0.05) is 30.3 Å². The fourth-order valence-electron chi connectivity index (χ4n) is 3.41. The number of nitrogens with zero attached hydrogens (tertiary/aromatic N) is 2. The van der Waals surface area contributed by atoms with E-state index in [1.54, 1.807) is 55.5 Å². The zero-order valence-electron chi connectivity index (χ0n) is 16.4. The summed E-state index contributed by atoms with van der Waals surface area (Å²) in [7, 11) is 0. The van der Waals surface area contributed by atoms with Crippen molar-refractivity contribution in [2.45, 2.75) is 31.7 Å². The minimum absolute atomic E-state index is 0.167. The Balaban J connectivity index is 1.41. The smallest absolute Gasteiger partial charge is 0.435 e. The molecule has 0 fully saturated rings. The van der Waals surface area contributed by atoms with Gasteiger partial charge in [-0.15, -0.1) is 0 Å². The van der Waals surface area contributed by atoms with Crippen LogP contribution in [0.1, 0.15) is 34.1 Å². The number of amides is 1. The molecule has 31 heavy (non-hydrogen) atoms. The molecule has 1 unspecified atom stereocenters. The lowest BCUT2D eigenvalue weighted by Crippen LogP contribution is -2.51. The maximum Gasteiger partial charge on any atom is 0.435 e. The normalized spacial score (nSPS) is 18.3. The minimum Gasteiger partial charge on any atom is -0.445 e. The standard InChI is InChI=1S/C22H18F3N3O3/c1-21(12-15-4-2-3-5-17(15)19(29)31-21)20(30)26-13-14-6-8-16(9-7-14)28-11-10-18(27-28)22(23,24)25/h2-11H,12-13H2,1H3,(H,26,30). The number of rotatable bonds is 4. The first-order valence-electron chi connectivity index (χ1n) is 9.47. The molecule has 2 heterocycles. The first-order valence-corrected chi connectivity index (χ1v) is 9.47. The Hall–Kier alpha value is -3.62. The van der Waals surface area contributed by atoms with Gasteiger partial charge in [0, 0.05) is 19.2 Å². The largest absolute Gasteiger partial charge is 0.445 e. The molecule has 1 N–H and O–H groups in total. The number of ether oxygens (including phenoxy) is 1. The highest BCUT2D eigenvalue weighted by Gasteiger charge is 2.42. The molecule has 4 rings (SSSR count). The van der Waals surface area contributed by atoms with Crippen molar-refractivity contribution in [2.24, 2.45) is 0 Å². The van der Waals surface area contributed by atoms with Crippen LogP contribution in [0.2, 0.25) is 0 Å². The summed E-state index contributed by atoms with van der Waals surface area (Å²) in [5.41, 5.74) is 0.0883. The minimum atomic E-state index is -4.51. The van der Waals surface area contributed by atoms with Crippen molar-refractivity contribution in [3.63, 3.8) is 0 Å². The van der Waals surface area contributed by atoms with Crippen LogP contribution < -0.4 is 5.32 Å². The van der Waals surface area contributed by atoms with E-state index < -0.39 is 29.3 Å². The molecule has 160 valence electrons. The summed E-state index contributed by atoms with van der Waals surface area (Å²) >= 11 is 0. The molecule has 0 saturated heterocycles. The molecular formula is C22H18F3N3O3. The fourth-order valence-corrected chi connectivity index (χ4v) is 3.41. The highest BCUT2D eigenvalue weighted by atomic mass is 19.4. The van der Waals surface area contributed by atoms with Gasteiger partial charge in [-0.3, -0.25) is 4.79 Å². The maximum atomic E-state index is 12.7. The number of hydrogen-bond donors (Lipinski definition) is 1. The zero-order valence-corrected chi connectivity index (χ0v) is 16.4. The van der Waals surface area contributed by atoms with E-state index in [1.165, 1.54) is 6.20 Å². The van der Waals surface area contributed by atoms with E-state index in [9.17, 15) is 22.8 Å². The number of nitrogens with one attached hydrogen (secondary N) is 1. The van der Waals surface area contributed by atoms with E-state index in [4.69, 9.17) is 4.74 Å². The molecule has 0 saturated carbocycles. The quantitative estimate of drug-likeness (QED) is 0.643. The average molecular weight is 429 g/mol. The molecule has 1 atom stereocenters. The average Bonchev–Trinajstić information content (AvgIpc) is 3.23. The number of carbonyl (C=O) groups is 2. The number of aromatic nitrogens is 2. The summed E-state index contributed by atoms with van der Waals surface area (Å²) in [6, 6.07) is 14.4. The Morgan fingerprint density at radius 3 is 2.55 bits per heavy atom. The summed E-state index contributed by atoms with van der Waals surface area (Å²) in [4.78, 5) is 25.0. The van der Waals surface area contributed by atoms with Gasteiger partial charge in [0.25, 0.3) is 5.91 Å². The second-order valence-corrected chi connectivity index (χ2v) is 7.45. The molecular weight excluding hydrogens is 411 g/mol. The topological polar surface area (TPSA) is 73.2 Å². The van der Waals surface area contributed by atoms with Crippen LogP contribution >= 0.6 is 0 Å². The predicted molar refractivity (Wildman–Crippen MR) is 104 cm³/mol. The molecule has 0 spiro atoms. The van der Waals surface area contributed by atoms with Crippen LogP contribution in [0, 0.1) is 0 Å². The molecule has 1 aliphatic rings. The monoisotopic (exact) mass is 429 g/mol. The number of benzene rings is 2. The van der Waals surface area contributed by atoms with Crippen LogP contribution in [0.4, 0.5) is 13.2 Å². The summed E-state index contributed by atoms with van der Waals surface area (Å²) in [6.07, 6.45) is -3.01. The molecule has 1 aromatic heterocycles. The van der Waals surface area contributed by atoms with Crippen LogP contribution in [0.25, 0.3) is 5.69 Å². The van der Waals surface area contributed by atoms with Crippen molar-refractivity contribution in [3.05, 3.63) is 83.2 Å². The Kier molecular flexibility index (Phi) is 5.04. The van der Waals surface area contributed by atoms with Crippen LogP contribution in [-0.4, -0.2) is 27.3 Å². The lowest BCUT2D eigenvalue weighted by Gasteiger charge is -2.33. The summed E-state index contributed by atoms with van der Waals surface area (Å²) < 4.78 is 44.6. The number of carbonyl (C=O) groups excluding carboxylic acids is 2. The molecule has 0 aliphatic carbocycles. The number of halogens is 3. The highest BCUT2D eigenvalue weighted by Crippen LogP contribution is 2.29. The van der Waals surface area contributed by atoms with E-state index in [0.29, 0.717) is 11.3 Å². The van der Waals surface area contributed by atoms with Gasteiger partial charge >= 0.3 is 12.1 Å². The third-order valence-corrected chi connectivity index (χ3v) is 5.10. The van der Waals surface area contributed by atoms with Crippen LogP contribution in [0.3, 0.4) is 0 Å². The van der Waals surface area contributed by atoms with Gasteiger partial charge in [0.1, 0.15) is 0 Å². The zero-order chi connectivity index (χ0) is 22.2. The lowest BCUT2D eigenvalue weighted by atomic mass is 9.89. The highest BCUT2D eigenvalue weighted by molar-refractivity contribution is 5.97. The molecule has 9 heteroatoms. The van der Waals surface area contributed by atoms with Crippen molar-refractivity contribution in [2.75, 3.05) is 0 Å². The summed E-state index contributed by atoms with van der Waals surface area (Å²) in [5, 5.41) is 6.28. The van der Waals surface area contributed by atoms with Crippen molar-refractivity contribution in [1.29, 1.82) is 0 Å². The molecule has 1 amide bonds. The molecule has 2 aromatic carbocycles. The van der Waals surface area contributed by atoms with Crippen molar-refractivity contribution in [1.82, 2.24) is 15.1 Å². The van der Waals surface area contributed by atoms with Gasteiger partial charge in [0.2, 0.25) is 0 Å². The predicted octanol–water partition coefficient (Wildman–Crippen LogP) is 3.68. The molecule has 6 nitrogen and oxygen atoms in total. The third kappa shape index (κ3) is 4.16. The van der Waals surface area contributed by atoms with Gasteiger partial charge in [-0.05, 0) is 42.3 Å². The molecule has 0 bridgehead atoms. The lowest BCUT2D eigenvalue weighted by molar-refractivity contribution is -0.141. The third-order valence-electron chi connectivity index (χ3n) is 5.10. The van der Waals surface area contributed by atoms with E-state index in [0.717, 1.165) is 21.9 Å². The van der Waals surface area contributed by atoms with E-state index in [-0.39, 0.29) is 13.0 Å². The van der Waals surface area contributed by atoms with E-state index in [1.807, 2.05) is 0 Å².